The zero-order valence-electron chi connectivity index (χ0n) is 10.6. The van der Waals surface area contributed by atoms with E-state index in [1.165, 1.54) is 11.3 Å². The van der Waals surface area contributed by atoms with Gasteiger partial charge in [0.2, 0.25) is 5.01 Å². The van der Waals surface area contributed by atoms with Gasteiger partial charge in [-0.1, -0.05) is 0 Å². The van der Waals surface area contributed by atoms with E-state index < -0.39 is 5.97 Å². The van der Waals surface area contributed by atoms with Gasteiger partial charge in [0.15, 0.2) is 0 Å². The third-order valence-corrected chi connectivity index (χ3v) is 3.98. The highest BCUT2D eigenvalue weighted by Gasteiger charge is 2.20. The molecular formula is C12H18N2O4S. The third kappa shape index (κ3) is 4.24. The number of carboxylic acids is 1. The molecule has 0 saturated carbocycles. The van der Waals surface area contributed by atoms with Crippen molar-refractivity contribution in [2.45, 2.75) is 25.5 Å². The highest BCUT2D eigenvalue weighted by Crippen LogP contribution is 2.17. The molecule has 6 nitrogen and oxygen atoms in total. The summed E-state index contributed by atoms with van der Waals surface area (Å²) in [6, 6.07) is 0. The molecule has 1 aliphatic heterocycles. The number of ether oxygens (including phenoxy) is 1. The highest BCUT2D eigenvalue weighted by molar-refractivity contribution is 7.11. The Morgan fingerprint density at radius 1 is 1.53 bits per heavy atom. The average Bonchev–Trinajstić information content (AvgIpc) is 2.87. The Labute approximate surface area is 115 Å². The molecule has 2 heterocycles. The topological polar surface area (TPSA) is 82.9 Å². The maximum absolute atomic E-state index is 10.7. The number of thiazole rings is 1. The van der Waals surface area contributed by atoms with E-state index in [2.05, 4.69) is 9.88 Å². The first-order valence-electron chi connectivity index (χ1n) is 6.31. The molecule has 0 unspecified atom stereocenters. The van der Waals surface area contributed by atoms with Crippen LogP contribution in [-0.4, -0.2) is 58.5 Å². The van der Waals surface area contributed by atoms with Gasteiger partial charge in [0.25, 0.3) is 0 Å². The number of hydrogen-bond acceptors (Lipinski definition) is 6. The van der Waals surface area contributed by atoms with Crippen LogP contribution < -0.4 is 0 Å². The van der Waals surface area contributed by atoms with Crippen LogP contribution in [0.5, 0.6) is 0 Å². The van der Waals surface area contributed by atoms with Crippen molar-refractivity contribution in [1.29, 1.82) is 0 Å². The van der Waals surface area contributed by atoms with Gasteiger partial charge in [-0.25, -0.2) is 9.78 Å². The lowest BCUT2D eigenvalue weighted by Gasteiger charge is -2.31. The molecule has 19 heavy (non-hydrogen) atoms. The second-order valence-electron chi connectivity index (χ2n) is 4.52. The molecule has 0 aliphatic carbocycles. The van der Waals surface area contributed by atoms with Crippen molar-refractivity contribution in [2.24, 2.45) is 0 Å². The summed E-state index contributed by atoms with van der Waals surface area (Å²) in [4.78, 5) is 17.1. The quantitative estimate of drug-likeness (QED) is 0.805. The molecule has 1 aromatic heterocycles. The van der Waals surface area contributed by atoms with Gasteiger partial charge in [-0.05, 0) is 12.8 Å². The lowest BCUT2D eigenvalue weighted by atomic mass is 10.1. The summed E-state index contributed by atoms with van der Waals surface area (Å²) < 4.78 is 5.50. The summed E-state index contributed by atoms with van der Waals surface area (Å²) in [6.07, 6.45) is 2.11. The van der Waals surface area contributed by atoms with Crippen LogP contribution in [0.1, 0.15) is 28.3 Å². The number of rotatable bonds is 6. The predicted octanol–water partition coefficient (Wildman–Crippen LogP) is 0.815. The molecule has 7 heteroatoms. The maximum atomic E-state index is 10.7. The normalized spacial score (nSPS) is 17.7. The van der Waals surface area contributed by atoms with Crippen LogP contribution in [0, 0.1) is 0 Å². The SMILES string of the molecule is O=C(O)c1nc(CN2CCC(OCCO)CC2)cs1. The number of aromatic carboxylic acids is 1. The molecule has 0 amide bonds. The monoisotopic (exact) mass is 286 g/mol. The molecule has 0 bridgehead atoms. The summed E-state index contributed by atoms with van der Waals surface area (Å²) in [7, 11) is 0. The second kappa shape index (κ2) is 6.95. The molecular weight excluding hydrogens is 268 g/mol. The molecule has 2 rings (SSSR count). The first kappa shape index (κ1) is 14.4. The van der Waals surface area contributed by atoms with E-state index in [1.807, 2.05) is 0 Å². The molecule has 0 aromatic carbocycles. The number of likely N-dealkylation sites (tertiary alicyclic amines) is 1. The zero-order valence-corrected chi connectivity index (χ0v) is 11.4. The number of aromatic nitrogens is 1. The first-order valence-corrected chi connectivity index (χ1v) is 7.19. The van der Waals surface area contributed by atoms with Crippen LogP contribution in [0.25, 0.3) is 0 Å². The Morgan fingerprint density at radius 2 is 2.26 bits per heavy atom. The Bertz CT molecular complexity index is 416. The van der Waals surface area contributed by atoms with Crippen LogP contribution >= 0.6 is 11.3 Å². The van der Waals surface area contributed by atoms with Crippen LogP contribution in [0.3, 0.4) is 0 Å². The minimum absolute atomic E-state index is 0.0665. The number of carboxylic acid groups (broad SMARTS) is 1. The summed E-state index contributed by atoms with van der Waals surface area (Å²) in [5.74, 6) is -0.965. The van der Waals surface area contributed by atoms with Gasteiger partial charge in [-0.15, -0.1) is 11.3 Å². The number of aliphatic hydroxyl groups excluding tert-OH is 1. The fourth-order valence-corrected chi connectivity index (χ4v) is 2.81. The maximum Gasteiger partial charge on any atom is 0.365 e. The number of aliphatic hydroxyl groups is 1. The van der Waals surface area contributed by atoms with Crippen molar-refractivity contribution in [3.05, 3.63) is 16.1 Å². The van der Waals surface area contributed by atoms with Crippen molar-refractivity contribution in [2.75, 3.05) is 26.3 Å². The number of hydrogen-bond donors (Lipinski definition) is 2. The standard InChI is InChI=1S/C12H18N2O4S/c15-5-6-18-10-1-3-14(4-2-10)7-9-8-19-11(13-9)12(16)17/h8,10,15H,1-7H2,(H,16,17). The van der Waals surface area contributed by atoms with E-state index in [9.17, 15) is 4.79 Å². The molecule has 2 N–H and O–H groups in total. The van der Waals surface area contributed by atoms with E-state index in [0.717, 1.165) is 31.6 Å². The van der Waals surface area contributed by atoms with Crippen molar-refractivity contribution in [3.8, 4) is 0 Å². The summed E-state index contributed by atoms with van der Waals surface area (Å²) in [5.41, 5.74) is 0.817. The minimum Gasteiger partial charge on any atom is -0.476 e. The van der Waals surface area contributed by atoms with E-state index in [1.54, 1.807) is 5.38 Å². The molecule has 0 radical (unpaired) electrons. The lowest BCUT2D eigenvalue weighted by molar-refractivity contribution is -0.00916. The van der Waals surface area contributed by atoms with E-state index >= 15 is 0 Å². The highest BCUT2D eigenvalue weighted by atomic mass is 32.1. The minimum atomic E-state index is -0.965. The van der Waals surface area contributed by atoms with Crippen molar-refractivity contribution < 1.29 is 19.7 Å². The van der Waals surface area contributed by atoms with Gasteiger partial charge in [-0.2, -0.15) is 0 Å². The summed E-state index contributed by atoms with van der Waals surface area (Å²) in [6.45, 7) is 2.98. The fourth-order valence-electron chi connectivity index (χ4n) is 2.16. The molecule has 1 fully saturated rings. The Balaban J connectivity index is 1.77. The van der Waals surface area contributed by atoms with Gasteiger partial charge < -0.3 is 14.9 Å². The van der Waals surface area contributed by atoms with Crippen molar-refractivity contribution in [1.82, 2.24) is 9.88 Å². The fraction of sp³-hybridized carbons (Fsp3) is 0.667. The van der Waals surface area contributed by atoms with Gasteiger partial charge in [-0.3, -0.25) is 4.90 Å². The smallest absolute Gasteiger partial charge is 0.365 e. The molecule has 1 aliphatic rings. The summed E-state index contributed by atoms with van der Waals surface area (Å²) in [5, 5.41) is 19.5. The molecule has 1 aromatic rings. The number of piperidine rings is 1. The lowest BCUT2D eigenvalue weighted by Crippen LogP contribution is -2.37. The molecule has 0 spiro atoms. The van der Waals surface area contributed by atoms with Crippen LogP contribution in [0.4, 0.5) is 0 Å². The van der Waals surface area contributed by atoms with Crippen molar-refractivity contribution in [3.63, 3.8) is 0 Å². The average molecular weight is 286 g/mol. The van der Waals surface area contributed by atoms with E-state index in [4.69, 9.17) is 14.9 Å². The third-order valence-electron chi connectivity index (χ3n) is 3.10. The second-order valence-corrected chi connectivity index (χ2v) is 5.38. The Morgan fingerprint density at radius 3 is 2.84 bits per heavy atom. The molecule has 1 saturated heterocycles. The summed E-state index contributed by atoms with van der Waals surface area (Å²) >= 11 is 1.17. The van der Waals surface area contributed by atoms with E-state index in [0.29, 0.717) is 13.2 Å². The van der Waals surface area contributed by atoms with Gasteiger partial charge >= 0.3 is 5.97 Å². The van der Waals surface area contributed by atoms with Crippen molar-refractivity contribution >= 4 is 17.3 Å². The Hall–Kier alpha value is -1.02. The first-order chi connectivity index (χ1) is 9.19. The zero-order chi connectivity index (χ0) is 13.7. The van der Waals surface area contributed by atoms with Gasteiger partial charge in [0.1, 0.15) is 0 Å². The predicted molar refractivity (Wildman–Crippen MR) is 70.4 cm³/mol. The van der Waals surface area contributed by atoms with E-state index in [-0.39, 0.29) is 17.7 Å². The van der Waals surface area contributed by atoms with Gasteiger partial charge in [0.05, 0.1) is 25.0 Å². The number of carbonyl (C=O) groups is 1. The number of nitrogens with zero attached hydrogens (tertiary/aromatic N) is 2. The van der Waals surface area contributed by atoms with Crippen LogP contribution in [-0.2, 0) is 11.3 Å². The largest absolute Gasteiger partial charge is 0.476 e. The van der Waals surface area contributed by atoms with Crippen LogP contribution in [0.2, 0.25) is 0 Å². The molecule has 0 atom stereocenters. The van der Waals surface area contributed by atoms with Gasteiger partial charge in [0, 0.05) is 25.0 Å². The molecule has 106 valence electrons. The Kier molecular flexibility index (Phi) is 5.26. The van der Waals surface area contributed by atoms with Crippen LogP contribution in [0.15, 0.2) is 5.38 Å².